The van der Waals surface area contributed by atoms with E-state index in [-0.39, 0.29) is 11.5 Å². The van der Waals surface area contributed by atoms with Crippen LogP contribution < -0.4 is 5.32 Å². The van der Waals surface area contributed by atoms with Crippen LogP contribution in [0.1, 0.15) is 32.2 Å². The first-order valence-corrected chi connectivity index (χ1v) is 6.43. The van der Waals surface area contributed by atoms with Crippen LogP contribution in [-0.2, 0) is 5.41 Å². The zero-order chi connectivity index (χ0) is 14.0. The van der Waals surface area contributed by atoms with Crippen molar-refractivity contribution in [3.05, 3.63) is 29.7 Å². The van der Waals surface area contributed by atoms with E-state index in [4.69, 9.17) is 9.68 Å². The smallest absolute Gasteiger partial charge is 0.192 e. The van der Waals surface area contributed by atoms with Gasteiger partial charge in [-0.1, -0.05) is 19.9 Å². The number of aryl methyl sites for hydroxylation is 1. The van der Waals surface area contributed by atoms with Crippen molar-refractivity contribution in [2.24, 2.45) is 0 Å². The van der Waals surface area contributed by atoms with Gasteiger partial charge in [-0.3, -0.25) is 0 Å². The minimum atomic E-state index is -0.143. The fourth-order valence-corrected chi connectivity index (χ4v) is 2.02. The van der Waals surface area contributed by atoms with Gasteiger partial charge in [0.2, 0.25) is 0 Å². The first kappa shape index (κ1) is 13.6. The first-order chi connectivity index (χ1) is 8.92. The average Bonchev–Trinajstić information content (AvgIpc) is 2.74. The Hall–Kier alpha value is -1.86. The molecule has 2 rings (SSSR count). The summed E-state index contributed by atoms with van der Waals surface area (Å²) in [5.74, 6) is 0.682. The number of nitrogens with zero attached hydrogens (tertiary/aromatic N) is 2. The van der Waals surface area contributed by atoms with E-state index in [1.807, 2.05) is 26.0 Å². The maximum absolute atomic E-state index is 8.81. The number of fused-ring (bicyclic) bond motifs is 1. The number of nitriles is 1. The van der Waals surface area contributed by atoms with E-state index in [0.717, 1.165) is 17.6 Å². The molecular weight excluding hydrogens is 238 g/mol. The van der Waals surface area contributed by atoms with Crippen LogP contribution in [0.3, 0.4) is 0 Å². The van der Waals surface area contributed by atoms with E-state index in [2.05, 4.69) is 36.3 Å². The van der Waals surface area contributed by atoms with E-state index in [1.54, 1.807) is 0 Å². The summed E-state index contributed by atoms with van der Waals surface area (Å²) in [6.07, 6.45) is 0. The summed E-state index contributed by atoms with van der Waals surface area (Å²) in [7, 11) is 0. The highest BCUT2D eigenvalue weighted by atomic mass is 16.3. The van der Waals surface area contributed by atoms with Crippen molar-refractivity contribution in [3.8, 4) is 6.07 Å². The SMILES string of the molecule is Cc1nc2ccc(C(C)(C)CNC(C)C#N)cc2o1. The first-order valence-electron chi connectivity index (χ1n) is 6.43. The molecular formula is C15H19N3O. The second kappa shape index (κ2) is 5.02. The van der Waals surface area contributed by atoms with Gasteiger partial charge in [0, 0.05) is 18.9 Å². The third-order valence-electron chi connectivity index (χ3n) is 3.32. The fourth-order valence-electron chi connectivity index (χ4n) is 2.02. The summed E-state index contributed by atoms with van der Waals surface area (Å²) in [5, 5.41) is 12.0. The molecule has 1 N–H and O–H groups in total. The van der Waals surface area contributed by atoms with Gasteiger partial charge in [-0.15, -0.1) is 0 Å². The third kappa shape index (κ3) is 2.94. The lowest BCUT2D eigenvalue weighted by molar-refractivity contribution is 0.456. The summed E-state index contributed by atoms with van der Waals surface area (Å²) in [5.41, 5.74) is 2.81. The number of hydrogen-bond donors (Lipinski definition) is 1. The molecule has 0 aliphatic heterocycles. The zero-order valence-corrected chi connectivity index (χ0v) is 11.8. The number of rotatable bonds is 4. The van der Waals surface area contributed by atoms with E-state index in [9.17, 15) is 0 Å². The zero-order valence-electron chi connectivity index (χ0n) is 11.8. The molecule has 4 heteroatoms. The number of aromatic nitrogens is 1. The molecule has 0 spiro atoms. The summed E-state index contributed by atoms with van der Waals surface area (Å²) in [6.45, 7) is 8.74. The lowest BCUT2D eigenvalue weighted by Crippen LogP contribution is -2.37. The summed E-state index contributed by atoms with van der Waals surface area (Å²) < 4.78 is 5.57. The fraction of sp³-hybridized carbons (Fsp3) is 0.467. The van der Waals surface area contributed by atoms with Crippen LogP contribution in [-0.4, -0.2) is 17.6 Å². The minimum absolute atomic E-state index is 0.0694. The number of oxazole rings is 1. The normalized spacial score (nSPS) is 13.4. The second-order valence-corrected chi connectivity index (χ2v) is 5.53. The van der Waals surface area contributed by atoms with Crippen LogP contribution in [0, 0.1) is 18.3 Å². The average molecular weight is 257 g/mol. The van der Waals surface area contributed by atoms with Gasteiger partial charge in [0.15, 0.2) is 11.5 Å². The molecule has 19 heavy (non-hydrogen) atoms. The topological polar surface area (TPSA) is 61.9 Å². The quantitative estimate of drug-likeness (QED) is 0.914. The Morgan fingerprint density at radius 2 is 2.21 bits per heavy atom. The van der Waals surface area contributed by atoms with Crippen molar-refractivity contribution in [3.63, 3.8) is 0 Å². The number of benzene rings is 1. The van der Waals surface area contributed by atoms with E-state index in [1.165, 1.54) is 5.56 Å². The predicted molar refractivity (Wildman–Crippen MR) is 74.8 cm³/mol. The van der Waals surface area contributed by atoms with Gasteiger partial charge in [-0.05, 0) is 24.6 Å². The van der Waals surface area contributed by atoms with Crippen molar-refractivity contribution < 1.29 is 4.42 Å². The Balaban J connectivity index is 2.24. The van der Waals surface area contributed by atoms with Crippen molar-refractivity contribution in [2.75, 3.05) is 6.54 Å². The number of hydrogen-bond acceptors (Lipinski definition) is 4. The second-order valence-electron chi connectivity index (χ2n) is 5.53. The molecule has 1 atom stereocenters. The van der Waals surface area contributed by atoms with Crippen LogP contribution in [0.25, 0.3) is 11.1 Å². The molecule has 0 fully saturated rings. The third-order valence-corrected chi connectivity index (χ3v) is 3.32. The molecule has 0 bridgehead atoms. The monoisotopic (exact) mass is 257 g/mol. The Morgan fingerprint density at radius 3 is 2.89 bits per heavy atom. The Kier molecular flexibility index (Phi) is 3.59. The molecule has 0 amide bonds. The van der Waals surface area contributed by atoms with Crippen LogP contribution in [0.15, 0.2) is 22.6 Å². The van der Waals surface area contributed by atoms with Crippen LogP contribution >= 0.6 is 0 Å². The van der Waals surface area contributed by atoms with Crippen LogP contribution in [0.5, 0.6) is 0 Å². The van der Waals surface area contributed by atoms with E-state index < -0.39 is 0 Å². The molecule has 2 aromatic rings. The highest BCUT2D eigenvalue weighted by molar-refractivity contribution is 5.73. The van der Waals surface area contributed by atoms with Crippen molar-refractivity contribution in [2.45, 2.75) is 39.2 Å². The van der Waals surface area contributed by atoms with Crippen LogP contribution in [0.2, 0.25) is 0 Å². The largest absolute Gasteiger partial charge is 0.441 e. The maximum atomic E-state index is 8.81. The van der Waals surface area contributed by atoms with E-state index in [0.29, 0.717) is 5.89 Å². The molecule has 0 aliphatic rings. The van der Waals surface area contributed by atoms with Crippen LogP contribution in [0.4, 0.5) is 0 Å². The van der Waals surface area contributed by atoms with Gasteiger partial charge >= 0.3 is 0 Å². The van der Waals surface area contributed by atoms with Gasteiger partial charge in [0.25, 0.3) is 0 Å². The molecule has 100 valence electrons. The van der Waals surface area contributed by atoms with Crippen molar-refractivity contribution in [1.82, 2.24) is 10.3 Å². The highest BCUT2D eigenvalue weighted by Crippen LogP contribution is 2.26. The predicted octanol–water partition coefficient (Wildman–Crippen LogP) is 2.92. The van der Waals surface area contributed by atoms with Gasteiger partial charge in [0.05, 0.1) is 12.1 Å². The molecule has 1 heterocycles. The number of nitrogens with one attached hydrogen (secondary N) is 1. The molecule has 0 aliphatic carbocycles. The molecule has 1 unspecified atom stereocenters. The van der Waals surface area contributed by atoms with Crippen molar-refractivity contribution >= 4 is 11.1 Å². The van der Waals surface area contributed by atoms with Crippen molar-refractivity contribution in [1.29, 1.82) is 5.26 Å². The van der Waals surface area contributed by atoms with E-state index >= 15 is 0 Å². The Labute approximate surface area is 113 Å². The molecule has 0 radical (unpaired) electrons. The highest BCUT2D eigenvalue weighted by Gasteiger charge is 2.22. The standard InChI is InChI=1S/C15H19N3O/c1-10(8-16)17-9-15(3,4)12-5-6-13-14(7-12)19-11(2)18-13/h5-7,10,17H,9H2,1-4H3. The molecule has 1 aromatic heterocycles. The Morgan fingerprint density at radius 1 is 1.47 bits per heavy atom. The summed E-state index contributed by atoms with van der Waals surface area (Å²) >= 11 is 0. The molecule has 4 nitrogen and oxygen atoms in total. The lowest BCUT2D eigenvalue weighted by Gasteiger charge is -2.26. The minimum Gasteiger partial charge on any atom is -0.441 e. The Bertz CT molecular complexity index is 622. The molecule has 1 aromatic carbocycles. The summed E-state index contributed by atoms with van der Waals surface area (Å²) in [4.78, 5) is 4.30. The summed E-state index contributed by atoms with van der Waals surface area (Å²) in [6, 6.07) is 8.13. The molecule has 0 saturated carbocycles. The molecule has 0 saturated heterocycles. The van der Waals surface area contributed by atoms with Gasteiger partial charge in [-0.2, -0.15) is 5.26 Å². The van der Waals surface area contributed by atoms with Gasteiger partial charge < -0.3 is 9.73 Å². The lowest BCUT2D eigenvalue weighted by atomic mass is 9.84. The maximum Gasteiger partial charge on any atom is 0.192 e. The van der Waals surface area contributed by atoms with Gasteiger partial charge in [0.1, 0.15) is 5.52 Å². The van der Waals surface area contributed by atoms with Gasteiger partial charge in [-0.25, -0.2) is 4.98 Å².